The number of nitrogens with zero attached hydrogens (tertiary/aromatic N) is 1. The summed E-state index contributed by atoms with van der Waals surface area (Å²) in [5.41, 5.74) is 0. The molecule has 6 heteroatoms. The first-order valence-corrected chi connectivity index (χ1v) is 10.3. The van der Waals surface area contributed by atoms with Crippen LogP contribution in [-0.2, 0) is 10.0 Å². The summed E-state index contributed by atoms with van der Waals surface area (Å²) in [6.45, 7) is 0. The Hall–Kier alpha value is 0.590. The Morgan fingerprint density at radius 1 is 1.06 bits per heavy atom. The lowest BCUT2D eigenvalue weighted by atomic mass is 10.2. The van der Waals surface area contributed by atoms with E-state index in [-0.39, 0.29) is 12.1 Å². The van der Waals surface area contributed by atoms with Crippen LogP contribution in [0.2, 0.25) is 0 Å². The van der Waals surface area contributed by atoms with Crippen molar-refractivity contribution < 1.29 is 8.42 Å². The van der Waals surface area contributed by atoms with Crippen molar-refractivity contribution in [2.75, 3.05) is 8.86 Å². The number of alkyl halides is 2. The second-order valence-corrected chi connectivity index (χ2v) is 7.95. The summed E-state index contributed by atoms with van der Waals surface area (Å²) in [6, 6.07) is 9.06. The number of benzene rings is 1. The summed E-state index contributed by atoms with van der Waals surface area (Å²) in [6.07, 6.45) is 1.95. The smallest absolute Gasteiger partial charge is 0.207 e. The van der Waals surface area contributed by atoms with E-state index in [1.165, 1.54) is 0 Å². The fourth-order valence-electron chi connectivity index (χ4n) is 2.33. The van der Waals surface area contributed by atoms with E-state index in [9.17, 15) is 8.42 Å². The number of sulfonamides is 1. The predicted molar refractivity (Wildman–Crippen MR) is 90.1 cm³/mol. The summed E-state index contributed by atoms with van der Waals surface area (Å²) < 4.78 is 28.8. The van der Waals surface area contributed by atoms with E-state index in [1.54, 1.807) is 28.6 Å². The highest BCUT2D eigenvalue weighted by molar-refractivity contribution is 14.1. The van der Waals surface area contributed by atoms with Gasteiger partial charge in [-0.15, -0.1) is 0 Å². The molecule has 0 unspecified atom stereocenters. The van der Waals surface area contributed by atoms with Gasteiger partial charge in [0.05, 0.1) is 4.90 Å². The van der Waals surface area contributed by atoms with Crippen LogP contribution in [0, 0.1) is 0 Å². The molecule has 0 bridgehead atoms. The van der Waals surface area contributed by atoms with Crippen LogP contribution in [0.25, 0.3) is 0 Å². The van der Waals surface area contributed by atoms with Crippen LogP contribution in [0.5, 0.6) is 0 Å². The van der Waals surface area contributed by atoms with E-state index in [2.05, 4.69) is 45.2 Å². The van der Waals surface area contributed by atoms with E-state index in [1.807, 2.05) is 6.07 Å². The molecule has 2 rings (SSSR count). The molecule has 1 aromatic rings. The van der Waals surface area contributed by atoms with Gasteiger partial charge in [-0.05, 0) is 25.0 Å². The second kappa shape index (κ2) is 6.36. The summed E-state index contributed by atoms with van der Waals surface area (Å²) in [5, 5.41) is 0. The molecule has 0 aromatic heterocycles. The molecule has 1 aromatic carbocycles. The highest BCUT2D eigenvalue weighted by Gasteiger charge is 2.40. The van der Waals surface area contributed by atoms with Gasteiger partial charge in [0.15, 0.2) is 0 Å². The van der Waals surface area contributed by atoms with Gasteiger partial charge in [0.1, 0.15) is 0 Å². The first-order valence-electron chi connectivity index (χ1n) is 5.81. The minimum absolute atomic E-state index is 0.149. The van der Waals surface area contributed by atoms with Crippen LogP contribution in [0.3, 0.4) is 0 Å². The summed E-state index contributed by atoms with van der Waals surface area (Å²) in [7, 11) is -3.34. The number of rotatable bonds is 4. The molecule has 0 radical (unpaired) electrons. The lowest BCUT2D eigenvalue weighted by Crippen LogP contribution is -2.42. The van der Waals surface area contributed by atoms with Gasteiger partial charge in [-0.3, -0.25) is 0 Å². The fraction of sp³-hybridized carbons (Fsp3) is 0.500. The van der Waals surface area contributed by atoms with Crippen molar-refractivity contribution in [2.45, 2.75) is 29.8 Å². The zero-order chi connectivity index (χ0) is 13.2. The van der Waals surface area contributed by atoms with Gasteiger partial charge in [0, 0.05) is 20.9 Å². The average Bonchev–Trinajstić information content (AvgIpc) is 2.83. The molecule has 100 valence electrons. The number of hydrogen-bond donors (Lipinski definition) is 0. The number of hydrogen-bond acceptors (Lipinski definition) is 2. The highest BCUT2D eigenvalue weighted by Crippen LogP contribution is 2.32. The summed E-state index contributed by atoms with van der Waals surface area (Å²) >= 11 is 4.56. The van der Waals surface area contributed by atoms with Crippen LogP contribution in [-0.4, -0.2) is 33.7 Å². The molecular formula is C12H15I2NO2S. The maximum absolute atomic E-state index is 12.7. The van der Waals surface area contributed by atoms with Crippen LogP contribution in [0.15, 0.2) is 35.2 Å². The first-order chi connectivity index (χ1) is 8.61. The van der Waals surface area contributed by atoms with E-state index >= 15 is 0 Å². The monoisotopic (exact) mass is 491 g/mol. The zero-order valence-electron chi connectivity index (χ0n) is 9.80. The third kappa shape index (κ3) is 2.85. The van der Waals surface area contributed by atoms with Gasteiger partial charge in [-0.1, -0.05) is 63.4 Å². The van der Waals surface area contributed by atoms with E-state index in [0.29, 0.717) is 4.90 Å². The quantitative estimate of drug-likeness (QED) is 0.480. The van der Waals surface area contributed by atoms with E-state index < -0.39 is 10.0 Å². The van der Waals surface area contributed by atoms with Crippen LogP contribution in [0.1, 0.15) is 12.8 Å². The Balaban J connectivity index is 2.39. The van der Waals surface area contributed by atoms with Crippen molar-refractivity contribution in [1.82, 2.24) is 4.31 Å². The maximum atomic E-state index is 12.7. The van der Waals surface area contributed by atoms with Crippen LogP contribution in [0.4, 0.5) is 0 Å². The summed E-state index contributed by atoms with van der Waals surface area (Å²) in [5.74, 6) is 0. The third-order valence-electron chi connectivity index (χ3n) is 3.23. The first kappa shape index (κ1) is 15.0. The van der Waals surface area contributed by atoms with Gasteiger partial charge in [0.2, 0.25) is 10.0 Å². The average molecular weight is 491 g/mol. The summed E-state index contributed by atoms with van der Waals surface area (Å²) in [4.78, 5) is 0.414. The predicted octanol–water partition coefficient (Wildman–Crippen LogP) is 3.08. The Morgan fingerprint density at radius 2 is 1.56 bits per heavy atom. The van der Waals surface area contributed by atoms with Crippen molar-refractivity contribution in [1.29, 1.82) is 0 Å². The number of halogens is 2. The minimum Gasteiger partial charge on any atom is -0.207 e. The minimum atomic E-state index is -3.34. The van der Waals surface area contributed by atoms with Crippen molar-refractivity contribution in [3.8, 4) is 0 Å². The van der Waals surface area contributed by atoms with Crippen molar-refractivity contribution in [3.63, 3.8) is 0 Å². The Labute approximate surface area is 136 Å². The van der Waals surface area contributed by atoms with E-state index in [0.717, 1.165) is 21.7 Å². The van der Waals surface area contributed by atoms with Crippen LogP contribution >= 0.6 is 45.2 Å². The third-order valence-corrected chi connectivity index (χ3v) is 7.28. The van der Waals surface area contributed by atoms with Crippen LogP contribution < -0.4 is 0 Å². The normalized spacial score (nSPS) is 25.4. The topological polar surface area (TPSA) is 37.4 Å². The van der Waals surface area contributed by atoms with Gasteiger partial charge < -0.3 is 0 Å². The molecule has 1 aliphatic heterocycles. The highest BCUT2D eigenvalue weighted by atomic mass is 127. The molecule has 18 heavy (non-hydrogen) atoms. The molecular weight excluding hydrogens is 476 g/mol. The molecule has 0 spiro atoms. The molecule has 1 heterocycles. The Kier molecular flexibility index (Phi) is 5.30. The molecule has 0 aliphatic carbocycles. The molecule has 1 aliphatic rings. The lowest BCUT2D eigenvalue weighted by Gasteiger charge is -2.27. The molecule has 1 saturated heterocycles. The Bertz CT molecular complexity index is 480. The SMILES string of the molecule is O=S(=O)(c1ccccc1)N1[C@H](CI)CC[C@@H]1CI. The van der Waals surface area contributed by atoms with Gasteiger partial charge in [-0.25, -0.2) is 8.42 Å². The second-order valence-electron chi connectivity index (χ2n) is 4.34. The van der Waals surface area contributed by atoms with Crippen molar-refractivity contribution in [3.05, 3.63) is 30.3 Å². The van der Waals surface area contributed by atoms with Gasteiger partial charge >= 0.3 is 0 Å². The molecule has 0 N–H and O–H groups in total. The molecule has 2 atom stereocenters. The van der Waals surface area contributed by atoms with Gasteiger partial charge in [0.25, 0.3) is 0 Å². The molecule has 3 nitrogen and oxygen atoms in total. The Morgan fingerprint density at radius 3 is 2.00 bits per heavy atom. The fourth-order valence-corrected chi connectivity index (χ4v) is 6.49. The molecule has 0 amide bonds. The standard InChI is InChI=1S/C12H15I2NO2S/c13-8-10-6-7-11(9-14)15(10)18(16,17)12-4-2-1-3-5-12/h1-5,10-11H,6-9H2/t10-,11+. The lowest BCUT2D eigenvalue weighted by molar-refractivity contribution is 0.361. The van der Waals surface area contributed by atoms with Crippen molar-refractivity contribution in [2.24, 2.45) is 0 Å². The molecule has 0 saturated carbocycles. The zero-order valence-corrected chi connectivity index (χ0v) is 14.9. The van der Waals surface area contributed by atoms with Crippen molar-refractivity contribution >= 4 is 55.2 Å². The molecule has 1 fully saturated rings. The van der Waals surface area contributed by atoms with E-state index in [4.69, 9.17) is 0 Å². The maximum Gasteiger partial charge on any atom is 0.243 e. The van der Waals surface area contributed by atoms with Gasteiger partial charge in [-0.2, -0.15) is 4.31 Å². The largest absolute Gasteiger partial charge is 0.243 e.